The summed E-state index contributed by atoms with van der Waals surface area (Å²) in [7, 11) is 0. The van der Waals surface area contributed by atoms with E-state index in [1.807, 2.05) is 0 Å². The predicted molar refractivity (Wildman–Crippen MR) is 75.5 cm³/mol. The Morgan fingerprint density at radius 2 is 1.72 bits per heavy atom. The maximum Gasteiger partial charge on any atom is 0.347 e. The monoisotopic (exact) mass is 269 g/mol. The third kappa shape index (κ3) is 4.77. The molecular weight excluding hydrogens is 246 g/mol. The molecule has 0 radical (unpaired) electrons. The summed E-state index contributed by atoms with van der Waals surface area (Å²) in [5.74, 6) is -0.819. The normalized spacial score (nSPS) is 10.8. The first-order valence-electron chi connectivity index (χ1n) is 6.90. The van der Waals surface area contributed by atoms with Crippen molar-refractivity contribution >= 4 is 17.3 Å². The van der Waals surface area contributed by atoms with Crippen LogP contribution in [0, 0.1) is 0 Å². The second-order valence-corrected chi connectivity index (χ2v) is 5.69. The minimum absolute atomic E-state index is 0.456. The molecule has 0 saturated heterocycles. The predicted octanol–water partition coefficient (Wildman–Crippen LogP) is 4.31. The number of hydrogen-bond acceptors (Lipinski definition) is 3. The number of carbonyl (C=O) groups is 1. The largest absolute Gasteiger partial charge is 0.477 e. The Labute approximate surface area is 113 Å². The van der Waals surface area contributed by atoms with Crippen LogP contribution in [0.25, 0.3) is 0 Å². The van der Waals surface area contributed by atoms with E-state index in [0.29, 0.717) is 4.88 Å². The molecule has 3 nitrogen and oxygen atoms in total. The molecule has 0 unspecified atom stereocenters. The number of thiazole rings is 1. The van der Waals surface area contributed by atoms with E-state index in [1.54, 1.807) is 0 Å². The number of aryl methyl sites for hydroxylation is 2. The molecule has 1 aromatic rings. The van der Waals surface area contributed by atoms with Gasteiger partial charge in [0.05, 0.1) is 10.7 Å². The highest BCUT2D eigenvalue weighted by molar-refractivity contribution is 7.13. The van der Waals surface area contributed by atoms with E-state index in [4.69, 9.17) is 0 Å². The van der Waals surface area contributed by atoms with E-state index in [2.05, 4.69) is 18.8 Å². The Bertz CT molecular complexity index is 374. The molecule has 0 aromatic carbocycles. The topological polar surface area (TPSA) is 50.2 Å². The van der Waals surface area contributed by atoms with Gasteiger partial charge in [0.25, 0.3) is 0 Å². The van der Waals surface area contributed by atoms with Crippen LogP contribution in [0.1, 0.15) is 72.7 Å². The SMILES string of the molecule is CCCCCc1nc(CCCCC)c(C(=O)O)s1. The Balaban J connectivity index is 2.64. The zero-order valence-corrected chi connectivity index (χ0v) is 12.2. The molecule has 0 aliphatic rings. The molecule has 0 aliphatic carbocycles. The number of nitrogens with zero attached hydrogens (tertiary/aromatic N) is 1. The Morgan fingerprint density at radius 3 is 2.28 bits per heavy atom. The van der Waals surface area contributed by atoms with Gasteiger partial charge in [-0.05, 0) is 25.7 Å². The number of aromatic nitrogens is 1. The van der Waals surface area contributed by atoms with Crippen molar-refractivity contribution in [3.05, 3.63) is 15.6 Å². The molecule has 4 heteroatoms. The molecule has 0 atom stereocenters. The van der Waals surface area contributed by atoms with Gasteiger partial charge in [-0.3, -0.25) is 0 Å². The van der Waals surface area contributed by atoms with Gasteiger partial charge < -0.3 is 5.11 Å². The van der Waals surface area contributed by atoms with Crippen LogP contribution in [-0.4, -0.2) is 16.1 Å². The Hall–Kier alpha value is -0.900. The molecule has 0 bridgehead atoms. The molecule has 0 spiro atoms. The minimum Gasteiger partial charge on any atom is -0.477 e. The zero-order valence-electron chi connectivity index (χ0n) is 11.4. The average Bonchev–Trinajstić information content (AvgIpc) is 2.73. The number of carboxylic acids is 1. The first-order valence-corrected chi connectivity index (χ1v) is 7.72. The van der Waals surface area contributed by atoms with Gasteiger partial charge in [0.1, 0.15) is 4.88 Å². The minimum atomic E-state index is -0.819. The molecule has 0 fully saturated rings. The summed E-state index contributed by atoms with van der Waals surface area (Å²) < 4.78 is 0. The van der Waals surface area contributed by atoms with Gasteiger partial charge >= 0.3 is 5.97 Å². The molecule has 102 valence electrons. The summed E-state index contributed by atoms with van der Waals surface area (Å²) in [5, 5.41) is 10.2. The molecule has 1 N–H and O–H groups in total. The van der Waals surface area contributed by atoms with E-state index in [9.17, 15) is 9.90 Å². The lowest BCUT2D eigenvalue weighted by Crippen LogP contribution is -1.99. The van der Waals surface area contributed by atoms with Gasteiger partial charge in [-0.25, -0.2) is 9.78 Å². The zero-order chi connectivity index (χ0) is 13.4. The summed E-state index contributed by atoms with van der Waals surface area (Å²) in [5.41, 5.74) is 0.799. The van der Waals surface area contributed by atoms with E-state index >= 15 is 0 Å². The highest BCUT2D eigenvalue weighted by Crippen LogP contribution is 2.22. The number of unbranched alkanes of at least 4 members (excludes halogenated alkanes) is 4. The van der Waals surface area contributed by atoms with Crippen molar-refractivity contribution in [3.63, 3.8) is 0 Å². The van der Waals surface area contributed by atoms with Crippen molar-refractivity contribution < 1.29 is 9.90 Å². The quantitative estimate of drug-likeness (QED) is 0.680. The first kappa shape index (κ1) is 15.2. The maximum atomic E-state index is 11.2. The molecule has 0 saturated carbocycles. The summed E-state index contributed by atoms with van der Waals surface area (Å²) >= 11 is 1.37. The average molecular weight is 269 g/mol. The standard InChI is InChI=1S/C14H23NO2S/c1-3-5-7-9-11-13(14(16)17)18-12(15-11)10-8-6-4-2/h3-10H2,1-2H3,(H,16,17). The van der Waals surface area contributed by atoms with Crippen molar-refractivity contribution in [1.29, 1.82) is 0 Å². The van der Waals surface area contributed by atoms with Crippen LogP contribution in [0.15, 0.2) is 0 Å². The molecule has 18 heavy (non-hydrogen) atoms. The van der Waals surface area contributed by atoms with Crippen molar-refractivity contribution in [2.24, 2.45) is 0 Å². The van der Waals surface area contributed by atoms with Crippen molar-refractivity contribution in [3.8, 4) is 0 Å². The van der Waals surface area contributed by atoms with Crippen LogP contribution in [0.4, 0.5) is 0 Å². The number of rotatable bonds is 9. The molecule has 1 rings (SSSR count). The molecular formula is C14H23NO2S. The summed E-state index contributed by atoms with van der Waals surface area (Å²) in [6.07, 6.45) is 8.53. The smallest absolute Gasteiger partial charge is 0.347 e. The summed E-state index contributed by atoms with van der Waals surface area (Å²) in [6, 6.07) is 0. The van der Waals surface area contributed by atoms with Gasteiger partial charge in [0, 0.05) is 0 Å². The van der Waals surface area contributed by atoms with Crippen LogP contribution in [0.3, 0.4) is 0 Å². The van der Waals surface area contributed by atoms with E-state index in [1.165, 1.54) is 24.2 Å². The van der Waals surface area contributed by atoms with Crippen molar-refractivity contribution in [2.45, 2.75) is 65.2 Å². The van der Waals surface area contributed by atoms with Crippen LogP contribution < -0.4 is 0 Å². The van der Waals surface area contributed by atoms with Gasteiger partial charge in [-0.15, -0.1) is 11.3 Å². The maximum absolute atomic E-state index is 11.2. The van der Waals surface area contributed by atoms with Gasteiger partial charge in [-0.1, -0.05) is 39.5 Å². The number of aromatic carboxylic acids is 1. The molecule has 1 aromatic heterocycles. The first-order chi connectivity index (χ1) is 8.69. The van der Waals surface area contributed by atoms with Crippen LogP contribution in [0.5, 0.6) is 0 Å². The van der Waals surface area contributed by atoms with Crippen LogP contribution in [0.2, 0.25) is 0 Å². The second-order valence-electron chi connectivity index (χ2n) is 4.60. The Morgan fingerprint density at radius 1 is 1.11 bits per heavy atom. The lowest BCUT2D eigenvalue weighted by molar-refractivity contribution is 0.0700. The third-order valence-electron chi connectivity index (χ3n) is 2.95. The highest BCUT2D eigenvalue weighted by Gasteiger charge is 2.16. The van der Waals surface area contributed by atoms with Gasteiger partial charge in [0.15, 0.2) is 0 Å². The molecule has 0 aliphatic heterocycles. The summed E-state index contributed by atoms with van der Waals surface area (Å²) in [6.45, 7) is 4.32. The fraction of sp³-hybridized carbons (Fsp3) is 0.714. The number of carboxylic acid groups (broad SMARTS) is 1. The van der Waals surface area contributed by atoms with E-state index in [-0.39, 0.29) is 0 Å². The van der Waals surface area contributed by atoms with Gasteiger partial charge in [0.2, 0.25) is 0 Å². The third-order valence-corrected chi connectivity index (χ3v) is 4.09. The fourth-order valence-electron chi connectivity index (χ4n) is 1.91. The highest BCUT2D eigenvalue weighted by atomic mass is 32.1. The fourth-order valence-corrected chi connectivity index (χ4v) is 2.90. The Kier molecular flexibility index (Phi) is 6.94. The summed E-state index contributed by atoms with van der Waals surface area (Å²) in [4.78, 5) is 16.1. The lowest BCUT2D eigenvalue weighted by atomic mass is 10.1. The number of hydrogen-bond donors (Lipinski definition) is 1. The van der Waals surface area contributed by atoms with E-state index in [0.717, 1.165) is 49.2 Å². The van der Waals surface area contributed by atoms with E-state index < -0.39 is 5.97 Å². The second kappa shape index (κ2) is 8.25. The van der Waals surface area contributed by atoms with Crippen molar-refractivity contribution in [2.75, 3.05) is 0 Å². The van der Waals surface area contributed by atoms with Crippen LogP contribution in [-0.2, 0) is 12.8 Å². The van der Waals surface area contributed by atoms with Crippen molar-refractivity contribution in [1.82, 2.24) is 4.98 Å². The van der Waals surface area contributed by atoms with Gasteiger partial charge in [-0.2, -0.15) is 0 Å². The molecule has 0 amide bonds. The van der Waals surface area contributed by atoms with Crippen LogP contribution >= 0.6 is 11.3 Å². The molecule has 1 heterocycles. The lowest BCUT2D eigenvalue weighted by Gasteiger charge is -1.97.